The van der Waals surface area contributed by atoms with Crippen molar-refractivity contribution < 1.29 is 9.47 Å². The molecule has 92 valence electrons. The van der Waals surface area contributed by atoms with E-state index < -0.39 is 0 Å². The molecule has 3 rings (SSSR count). The summed E-state index contributed by atoms with van der Waals surface area (Å²) in [5.41, 5.74) is 1.95. The lowest BCUT2D eigenvalue weighted by atomic mass is 10.1. The van der Waals surface area contributed by atoms with Crippen LogP contribution in [0, 0.1) is 0 Å². The van der Waals surface area contributed by atoms with Gasteiger partial charge in [0.15, 0.2) is 5.82 Å². The second-order valence-corrected chi connectivity index (χ2v) is 5.54. The van der Waals surface area contributed by atoms with E-state index in [0.717, 1.165) is 41.6 Å². The zero-order valence-electron chi connectivity index (χ0n) is 9.32. The van der Waals surface area contributed by atoms with Crippen LogP contribution in [0.5, 0.6) is 0 Å². The van der Waals surface area contributed by atoms with Crippen LogP contribution in [-0.4, -0.2) is 34.7 Å². The fourth-order valence-corrected chi connectivity index (χ4v) is 3.08. The van der Waals surface area contributed by atoms with Gasteiger partial charge in [0.1, 0.15) is 11.3 Å². The average Bonchev–Trinajstić information content (AvgIpc) is 2.40. The molecule has 2 aliphatic rings. The molecule has 0 bridgehead atoms. The van der Waals surface area contributed by atoms with Crippen molar-refractivity contribution >= 4 is 23.4 Å². The van der Waals surface area contributed by atoms with Crippen molar-refractivity contribution in [3.63, 3.8) is 0 Å². The van der Waals surface area contributed by atoms with E-state index >= 15 is 0 Å². The van der Waals surface area contributed by atoms with Gasteiger partial charge in [0.25, 0.3) is 0 Å². The Morgan fingerprint density at radius 2 is 2.24 bits per heavy atom. The monoisotopic (exact) mass is 272 g/mol. The summed E-state index contributed by atoms with van der Waals surface area (Å²) in [6, 6.07) is 0. The van der Waals surface area contributed by atoms with Crippen molar-refractivity contribution in [2.75, 3.05) is 24.7 Å². The summed E-state index contributed by atoms with van der Waals surface area (Å²) in [5.74, 6) is 2.68. The minimum Gasteiger partial charge on any atom is -0.376 e. The maximum atomic E-state index is 6.17. The fraction of sp³-hybridized carbons (Fsp3) is 0.636. The number of thioether (sulfide) groups is 1. The first-order valence-electron chi connectivity index (χ1n) is 5.67. The molecule has 1 aromatic rings. The van der Waals surface area contributed by atoms with Gasteiger partial charge in [-0.3, -0.25) is 0 Å². The number of halogens is 1. The van der Waals surface area contributed by atoms with E-state index in [1.165, 1.54) is 0 Å². The first kappa shape index (κ1) is 11.7. The van der Waals surface area contributed by atoms with Crippen LogP contribution in [0.4, 0.5) is 0 Å². The van der Waals surface area contributed by atoms with Crippen LogP contribution in [0.1, 0.15) is 23.2 Å². The molecule has 0 saturated carbocycles. The smallest absolute Gasteiger partial charge is 0.159 e. The number of ether oxygens (including phenoxy) is 2. The molecule has 17 heavy (non-hydrogen) atoms. The maximum absolute atomic E-state index is 6.17. The molecule has 0 aliphatic carbocycles. The van der Waals surface area contributed by atoms with Crippen molar-refractivity contribution in [1.82, 2.24) is 9.97 Å². The standard InChI is InChI=1S/C11H13ClN2O2S/c12-10-7-5-15-2-1-8(7)13-11(14-10)9-6-17-4-3-16-9/h9H,1-6H2. The van der Waals surface area contributed by atoms with E-state index in [1.54, 1.807) is 0 Å². The summed E-state index contributed by atoms with van der Waals surface area (Å²) >= 11 is 8.04. The molecule has 6 heteroatoms. The largest absolute Gasteiger partial charge is 0.376 e. The van der Waals surface area contributed by atoms with Gasteiger partial charge in [-0.25, -0.2) is 9.97 Å². The lowest BCUT2D eigenvalue weighted by Gasteiger charge is -2.23. The zero-order chi connectivity index (χ0) is 11.7. The second kappa shape index (κ2) is 5.10. The van der Waals surface area contributed by atoms with E-state index in [-0.39, 0.29) is 6.10 Å². The molecule has 1 unspecified atom stereocenters. The average molecular weight is 273 g/mol. The number of rotatable bonds is 1. The Morgan fingerprint density at radius 3 is 3.06 bits per heavy atom. The SMILES string of the molecule is Clc1nc(C2CSCCO2)nc2c1COCC2. The summed E-state index contributed by atoms with van der Waals surface area (Å²) < 4.78 is 11.0. The summed E-state index contributed by atoms with van der Waals surface area (Å²) in [7, 11) is 0. The Kier molecular flexibility index (Phi) is 3.51. The Bertz CT molecular complexity index is 424. The van der Waals surface area contributed by atoms with Gasteiger partial charge in [-0.05, 0) is 0 Å². The van der Waals surface area contributed by atoms with Gasteiger partial charge in [-0.1, -0.05) is 11.6 Å². The maximum Gasteiger partial charge on any atom is 0.159 e. The normalized spacial score (nSPS) is 24.4. The minimum absolute atomic E-state index is 0.0144. The van der Waals surface area contributed by atoms with E-state index in [0.29, 0.717) is 18.4 Å². The van der Waals surface area contributed by atoms with Crippen LogP contribution in [0.2, 0.25) is 5.15 Å². The highest BCUT2D eigenvalue weighted by atomic mass is 35.5. The summed E-state index contributed by atoms with van der Waals surface area (Å²) in [5, 5.41) is 0.517. The lowest BCUT2D eigenvalue weighted by Crippen LogP contribution is -2.21. The molecule has 4 nitrogen and oxygen atoms in total. The Morgan fingerprint density at radius 1 is 1.29 bits per heavy atom. The van der Waals surface area contributed by atoms with Crippen LogP contribution in [0.15, 0.2) is 0 Å². The fourth-order valence-electron chi connectivity index (χ4n) is 1.99. The quantitative estimate of drug-likeness (QED) is 0.732. The molecule has 2 aliphatic heterocycles. The van der Waals surface area contributed by atoms with Crippen molar-refractivity contribution in [3.05, 3.63) is 22.2 Å². The third kappa shape index (κ3) is 2.42. The Balaban J connectivity index is 1.92. The molecule has 1 atom stereocenters. The zero-order valence-corrected chi connectivity index (χ0v) is 10.9. The van der Waals surface area contributed by atoms with Crippen molar-refractivity contribution in [2.24, 2.45) is 0 Å². The van der Waals surface area contributed by atoms with E-state index in [2.05, 4.69) is 9.97 Å². The molecule has 0 N–H and O–H groups in total. The van der Waals surface area contributed by atoms with E-state index in [1.807, 2.05) is 11.8 Å². The summed E-state index contributed by atoms with van der Waals surface area (Å²) in [6.07, 6.45) is 0.796. The van der Waals surface area contributed by atoms with E-state index in [4.69, 9.17) is 21.1 Å². The van der Waals surface area contributed by atoms with Gasteiger partial charge >= 0.3 is 0 Å². The molecule has 0 spiro atoms. The Labute approximate surface area is 109 Å². The van der Waals surface area contributed by atoms with Gasteiger partial charge in [0.05, 0.1) is 25.5 Å². The molecule has 1 saturated heterocycles. The van der Waals surface area contributed by atoms with Crippen LogP contribution < -0.4 is 0 Å². The molecule has 1 aromatic heterocycles. The number of hydrogen-bond donors (Lipinski definition) is 0. The van der Waals surface area contributed by atoms with Crippen molar-refractivity contribution in [3.8, 4) is 0 Å². The van der Waals surface area contributed by atoms with Crippen molar-refractivity contribution in [2.45, 2.75) is 19.1 Å². The highest BCUT2D eigenvalue weighted by Gasteiger charge is 2.23. The third-order valence-electron chi connectivity index (χ3n) is 2.89. The first-order valence-corrected chi connectivity index (χ1v) is 7.20. The molecule has 3 heterocycles. The predicted octanol–water partition coefficient (Wildman–Crippen LogP) is 2.01. The number of fused-ring (bicyclic) bond motifs is 1. The van der Waals surface area contributed by atoms with E-state index in [9.17, 15) is 0 Å². The molecule has 0 amide bonds. The molecule has 1 fully saturated rings. The predicted molar refractivity (Wildman–Crippen MR) is 66.4 cm³/mol. The highest BCUT2D eigenvalue weighted by Crippen LogP contribution is 2.28. The molecule has 0 aromatic carbocycles. The summed E-state index contributed by atoms with van der Waals surface area (Å²) in [6.45, 7) is 1.99. The van der Waals surface area contributed by atoms with Gasteiger partial charge < -0.3 is 9.47 Å². The van der Waals surface area contributed by atoms with Crippen LogP contribution in [-0.2, 0) is 22.5 Å². The third-order valence-corrected chi connectivity index (χ3v) is 4.20. The topological polar surface area (TPSA) is 44.2 Å². The Hall–Kier alpha value is -0.360. The minimum atomic E-state index is -0.0144. The van der Waals surface area contributed by atoms with Crippen LogP contribution >= 0.6 is 23.4 Å². The highest BCUT2D eigenvalue weighted by molar-refractivity contribution is 7.99. The molecular formula is C11H13ClN2O2S. The van der Waals surface area contributed by atoms with Gasteiger partial charge in [-0.15, -0.1) is 0 Å². The van der Waals surface area contributed by atoms with Crippen LogP contribution in [0.3, 0.4) is 0 Å². The number of nitrogens with zero attached hydrogens (tertiary/aromatic N) is 2. The summed E-state index contributed by atoms with van der Waals surface area (Å²) in [4.78, 5) is 8.93. The number of aromatic nitrogens is 2. The number of hydrogen-bond acceptors (Lipinski definition) is 5. The van der Waals surface area contributed by atoms with Crippen LogP contribution in [0.25, 0.3) is 0 Å². The van der Waals surface area contributed by atoms with Gasteiger partial charge in [0.2, 0.25) is 0 Å². The molecule has 0 radical (unpaired) electrons. The second-order valence-electron chi connectivity index (χ2n) is 4.03. The lowest BCUT2D eigenvalue weighted by molar-refractivity contribution is 0.0680. The van der Waals surface area contributed by atoms with Gasteiger partial charge in [-0.2, -0.15) is 11.8 Å². The first-order chi connectivity index (χ1) is 8.34. The van der Waals surface area contributed by atoms with Gasteiger partial charge in [0, 0.05) is 23.5 Å². The molecular weight excluding hydrogens is 260 g/mol. The van der Waals surface area contributed by atoms with Crippen molar-refractivity contribution in [1.29, 1.82) is 0 Å².